The maximum absolute atomic E-state index is 11.5. The highest BCUT2D eigenvalue weighted by Crippen LogP contribution is 2.19. The average molecular weight is 271 g/mol. The van der Waals surface area contributed by atoms with Crippen LogP contribution in [0.25, 0.3) is 0 Å². The first kappa shape index (κ1) is 16.4. The Morgan fingerprint density at radius 1 is 1.32 bits per heavy atom. The van der Waals surface area contributed by atoms with Gasteiger partial charge in [-0.3, -0.25) is 4.79 Å². The van der Waals surface area contributed by atoms with Crippen molar-refractivity contribution >= 4 is 5.91 Å². The Morgan fingerprint density at radius 2 is 2.00 bits per heavy atom. The first-order chi connectivity index (χ1) is 9.08. The predicted molar refractivity (Wildman–Crippen MR) is 77.0 cm³/mol. The monoisotopic (exact) mass is 271 g/mol. The van der Waals surface area contributed by atoms with Crippen LogP contribution in [0, 0.1) is 0 Å². The SMILES string of the molecule is CN(C)CCC(=O)NCCCOC1CCC(N)CC1. The minimum Gasteiger partial charge on any atom is -0.378 e. The number of nitrogens with two attached hydrogens (primary N) is 1. The van der Waals surface area contributed by atoms with Gasteiger partial charge in [0.1, 0.15) is 0 Å². The molecule has 1 aliphatic rings. The van der Waals surface area contributed by atoms with E-state index in [4.69, 9.17) is 10.5 Å². The standard InChI is InChI=1S/C14H29N3O2/c1-17(2)10-8-14(18)16-9-3-11-19-13-6-4-12(15)5-7-13/h12-13H,3-11,15H2,1-2H3,(H,16,18). The highest BCUT2D eigenvalue weighted by molar-refractivity contribution is 5.75. The smallest absolute Gasteiger partial charge is 0.221 e. The second-order valence-electron chi connectivity index (χ2n) is 5.66. The van der Waals surface area contributed by atoms with Crippen molar-refractivity contribution in [2.24, 2.45) is 5.73 Å². The Labute approximate surface area is 116 Å². The molecule has 5 nitrogen and oxygen atoms in total. The van der Waals surface area contributed by atoms with Crippen molar-refractivity contribution in [3.63, 3.8) is 0 Å². The molecule has 0 aliphatic heterocycles. The summed E-state index contributed by atoms with van der Waals surface area (Å²) in [4.78, 5) is 13.5. The highest BCUT2D eigenvalue weighted by Gasteiger charge is 2.18. The van der Waals surface area contributed by atoms with Crippen molar-refractivity contribution in [3.05, 3.63) is 0 Å². The molecule has 112 valence electrons. The number of rotatable bonds is 8. The van der Waals surface area contributed by atoms with Gasteiger partial charge in [0.15, 0.2) is 0 Å². The molecule has 0 aromatic heterocycles. The van der Waals surface area contributed by atoms with E-state index in [2.05, 4.69) is 5.32 Å². The first-order valence-electron chi connectivity index (χ1n) is 7.36. The van der Waals surface area contributed by atoms with Gasteiger partial charge in [0.25, 0.3) is 0 Å². The lowest BCUT2D eigenvalue weighted by Crippen LogP contribution is -2.31. The van der Waals surface area contributed by atoms with Gasteiger partial charge in [0, 0.05) is 32.2 Å². The van der Waals surface area contributed by atoms with Gasteiger partial charge in [-0.25, -0.2) is 0 Å². The molecule has 0 heterocycles. The van der Waals surface area contributed by atoms with E-state index in [-0.39, 0.29) is 5.91 Å². The van der Waals surface area contributed by atoms with E-state index in [1.54, 1.807) is 0 Å². The molecule has 1 aliphatic carbocycles. The lowest BCUT2D eigenvalue weighted by molar-refractivity contribution is -0.121. The maximum Gasteiger partial charge on any atom is 0.221 e. The summed E-state index contributed by atoms with van der Waals surface area (Å²) in [6.45, 7) is 2.23. The van der Waals surface area contributed by atoms with Crippen LogP contribution in [0.4, 0.5) is 0 Å². The van der Waals surface area contributed by atoms with Gasteiger partial charge >= 0.3 is 0 Å². The molecular weight excluding hydrogens is 242 g/mol. The lowest BCUT2D eigenvalue weighted by atomic mass is 9.94. The van der Waals surface area contributed by atoms with Crippen molar-refractivity contribution in [1.82, 2.24) is 10.2 Å². The minimum absolute atomic E-state index is 0.123. The third-order valence-corrected chi connectivity index (χ3v) is 3.50. The highest BCUT2D eigenvalue weighted by atomic mass is 16.5. The maximum atomic E-state index is 11.5. The molecule has 1 amide bonds. The molecule has 1 rings (SSSR count). The normalized spacial score (nSPS) is 23.6. The summed E-state index contributed by atoms with van der Waals surface area (Å²) in [6.07, 6.45) is 6.14. The molecule has 19 heavy (non-hydrogen) atoms. The van der Waals surface area contributed by atoms with E-state index in [1.807, 2.05) is 19.0 Å². The third-order valence-electron chi connectivity index (χ3n) is 3.50. The molecule has 0 aromatic carbocycles. The minimum atomic E-state index is 0.123. The van der Waals surface area contributed by atoms with Crippen LogP contribution >= 0.6 is 0 Å². The number of hydrogen-bond acceptors (Lipinski definition) is 4. The van der Waals surface area contributed by atoms with Crippen LogP contribution < -0.4 is 11.1 Å². The number of amides is 1. The van der Waals surface area contributed by atoms with Crippen LogP contribution in [0.15, 0.2) is 0 Å². The Balaban J connectivity index is 1.92. The molecule has 0 saturated heterocycles. The number of nitrogens with one attached hydrogen (secondary N) is 1. The molecule has 0 aromatic rings. The van der Waals surface area contributed by atoms with E-state index in [9.17, 15) is 4.79 Å². The second-order valence-corrected chi connectivity index (χ2v) is 5.66. The number of nitrogens with zero attached hydrogens (tertiary/aromatic N) is 1. The van der Waals surface area contributed by atoms with Crippen LogP contribution in [0.3, 0.4) is 0 Å². The molecule has 0 bridgehead atoms. The fourth-order valence-corrected chi connectivity index (χ4v) is 2.22. The average Bonchev–Trinajstić information content (AvgIpc) is 2.38. The zero-order valence-electron chi connectivity index (χ0n) is 12.4. The number of ether oxygens (including phenoxy) is 1. The molecule has 0 spiro atoms. The van der Waals surface area contributed by atoms with Crippen molar-refractivity contribution < 1.29 is 9.53 Å². The van der Waals surface area contributed by atoms with Gasteiger partial charge in [-0.1, -0.05) is 0 Å². The Morgan fingerprint density at radius 3 is 2.63 bits per heavy atom. The number of carbonyl (C=O) groups excluding carboxylic acids is 1. The van der Waals surface area contributed by atoms with Crippen molar-refractivity contribution in [2.75, 3.05) is 33.8 Å². The number of carbonyl (C=O) groups is 1. The fraction of sp³-hybridized carbons (Fsp3) is 0.929. The second kappa shape index (κ2) is 9.28. The summed E-state index contributed by atoms with van der Waals surface area (Å²) in [5.41, 5.74) is 5.85. The molecule has 0 unspecified atom stereocenters. The van der Waals surface area contributed by atoms with Crippen molar-refractivity contribution in [2.45, 2.75) is 50.7 Å². The van der Waals surface area contributed by atoms with E-state index < -0.39 is 0 Å². The van der Waals surface area contributed by atoms with E-state index in [0.29, 0.717) is 25.1 Å². The van der Waals surface area contributed by atoms with Crippen molar-refractivity contribution in [1.29, 1.82) is 0 Å². The van der Waals surface area contributed by atoms with Crippen LogP contribution in [-0.2, 0) is 9.53 Å². The molecule has 0 atom stereocenters. The molecule has 0 radical (unpaired) electrons. The fourth-order valence-electron chi connectivity index (χ4n) is 2.22. The van der Waals surface area contributed by atoms with Gasteiger partial charge in [-0.05, 0) is 46.2 Å². The predicted octanol–water partition coefficient (Wildman–Crippen LogP) is 0.731. The van der Waals surface area contributed by atoms with Gasteiger partial charge in [0.2, 0.25) is 5.91 Å². The first-order valence-corrected chi connectivity index (χ1v) is 7.36. The molecule has 5 heteroatoms. The molecule has 3 N–H and O–H groups in total. The van der Waals surface area contributed by atoms with Gasteiger partial charge < -0.3 is 20.7 Å². The Kier molecular flexibility index (Phi) is 8.02. The summed E-state index contributed by atoms with van der Waals surface area (Å²) in [6, 6.07) is 0.371. The number of hydrogen-bond donors (Lipinski definition) is 2. The summed E-state index contributed by atoms with van der Waals surface area (Å²) < 4.78 is 5.80. The summed E-state index contributed by atoms with van der Waals surface area (Å²) in [5, 5.41) is 2.92. The van der Waals surface area contributed by atoms with Gasteiger partial charge in [-0.15, -0.1) is 0 Å². The summed E-state index contributed by atoms with van der Waals surface area (Å²) >= 11 is 0. The molecule has 1 saturated carbocycles. The van der Waals surface area contributed by atoms with Crippen LogP contribution in [0.2, 0.25) is 0 Å². The van der Waals surface area contributed by atoms with E-state index >= 15 is 0 Å². The van der Waals surface area contributed by atoms with Crippen LogP contribution in [-0.4, -0.2) is 56.7 Å². The van der Waals surface area contributed by atoms with E-state index in [0.717, 1.165) is 45.3 Å². The Hall–Kier alpha value is -0.650. The largest absolute Gasteiger partial charge is 0.378 e. The van der Waals surface area contributed by atoms with E-state index in [1.165, 1.54) is 0 Å². The van der Waals surface area contributed by atoms with Crippen LogP contribution in [0.1, 0.15) is 38.5 Å². The van der Waals surface area contributed by atoms with Gasteiger partial charge in [0.05, 0.1) is 6.10 Å². The zero-order valence-corrected chi connectivity index (χ0v) is 12.4. The summed E-state index contributed by atoms with van der Waals surface area (Å²) in [7, 11) is 3.94. The topological polar surface area (TPSA) is 67.6 Å². The van der Waals surface area contributed by atoms with Gasteiger partial charge in [-0.2, -0.15) is 0 Å². The van der Waals surface area contributed by atoms with Crippen LogP contribution in [0.5, 0.6) is 0 Å². The Bertz CT molecular complexity index is 251. The molecule has 1 fully saturated rings. The lowest BCUT2D eigenvalue weighted by Gasteiger charge is -2.26. The quantitative estimate of drug-likeness (QED) is 0.639. The third kappa shape index (κ3) is 8.18. The zero-order chi connectivity index (χ0) is 14.1. The van der Waals surface area contributed by atoms with Crippen molar-refractivity contribution in [3.8, 4) is 0 Å². The summed E-state index contributed by atoms with van der Waals surface area (Å²) in [5.74, 6) is 0.123. The molecular formula is C14H29N3O2.